The van der Waals surface area contributed by atoms with Crippen molar-refractivity contribution in [2.75, 3.05) is 31.4 Å². The molecule has 2 rings (SSSR count). The molecule has 0 atom stereocenters. The van der Waals surface area contributed by atoms with Crippen LogP contribution < -0.4 is 10.6 Å². The second kappa shape index (κ2) is 5.83. The summed E-state index contributed by atoms with van der Waals surface area (Å²) in [7, 11) is 3.67. The van der Waals surface area contributed by atoms with Crippen LogP contribution in [0.3, 0.4) is 0 Å². The number of pyridine rings is 1. The number of anilines is 2. The van der Waals surface area contributed by atoms with Gasteiger partial charge in [0, 0.05) is 38.2 Å². The Labute approximate surface area is 131 Å². The largest absolute Gasteiger partial charge is 0.398 e. The van der Waals surface area contributed by atoms with E-state index in [1.54, 1.807) is 18.9 Å². The second-order valence-electron chi connectivity index (χ2n) is 5.96. The number of nitrogen functional groups attached to an aromatic ring is 1. The SMILES string of the molecule is CC(=O)N(C)CN(C)c1cc(N)c2c(C)c(C)c(C)cc2n1. The summed E-state index contributed by atoms with van der Waals surface area (Å²) < 4.78 is 0. The third kappa shape index (κ3) is 2.84. The molecule has 0 aliphatic rings. The van der Waals surface area contributed by atoms with Crippen molar-refractivity contribution in [3.8, 4) is 0 Å². The predicted octanol–water partition coefficient (Wildman–Crippen LogP) is 2.61. The molecule has 5 heteroatoms. The summed E-state index contributed by atoms with van der Waals surface area (Å²) in [5, 5.41) is 1.01. The third-order valence-corrected chi connectivity index (χ3v) is 4.30. The number of carbonyl (C=O) groups is 1. The van der Waals surface area contributed by atoms with Gasteiger partial charge in [0.1, 0.15) is 5.82 Å². The average Bonchev–Trinajstić information content (AvgIpc) is 2.43. The first kappa shape index (κ1) is 16.1. The van der Waals surface area contributed by atoms with Crippen molar-refractivity contribution < 1.29 is 4.79 Å². The van der Waals surface area contributed by atoms with Crippen molar-refractivity contribution in [3.05, 3.63) is 28.8 Å². The summed E-state index contributed by atoms with van der Waals surface area (Å²) in [6.45, 7) is 8.28. The lowest BCUT2D eigenvalue weighted by atomic mass is 9.98. The van der Waals surface area contributed by atoms with Crippen molar-refractivity contribution in [2.45, 2.75) is 27.7 Å². The number of amides is 1. The summed E-state index contributed by atoms with van der Waals surface area (Å²) in [5.74, 6) is 0.781. The highest BCUT2D eigenvalue weighted by Crippen LogP contribution is 2.30. The first-order valence-electron chi connectivity index (χ1n) is 7.32. The van der Waals surface area contributed by atoms with Gasteiger partial charge in [-0.25, -0.2) is 4.98 Å². The van der Waals surface area contributed by atoms with E-state index in [1.165, 1.54) is 16.7 Å². The molecule has 0 aliphatic carbocycles. The lowest BCUT2D eigenvalue weighted by molar-refractivity contribution is -0.127. The summed E-state index contributed by atoms with van der Waals surface area (Å²) >= 11 is 0. The van der Waals surface area contributed by atoms with Gasteiger partial charge in [-0.05, 0) is 43.5 Å². The second-order valence-corrected chi connectivity index (χ2v) is 5.96. The molecule has 0 aliphatic heterocycles. The number of hydrogen-bond donors (Lipinski definition) is 1. The molecular formula is C17H24N4O. The van der Waals surface area contributed by atoms with Crippen molar-refractivity contribution in [3.63, 3.8) is 0 Å². The maximum absolute atomic E-state index is 11.4. The molecule has 0 saturated heterocycles. The zero-order valence-corrected chi connectivity index (χ0v) is 14.2. The van der Waals surface area contributed by atoms with Gasteiger partial charge in [0.2, 0.25) is 5.91 Å². The fourth-order valence-corrected chi connectivity index (χ4v) is 2.57. The van der Waals surface area contributed by atoms with E-state index >= 15 is 0 Å². The Morgan fingerprint density at radius 1 is 1.18 bits per heavy atom. The molecule has 0 saturated carbocycles. The molecule has 0 bridgehead atoms. The van der Waals surface area contributed by atoms with Crippen LogP contribution in [0.4, 0.5) is 11.5 Å². The van der Waals surface area contributed by atoms with Gasteiger partial charge >= 0.3 is 0 Å². The molecule has 1 aromatic carbocycles. The Kier molecular flexibility index (Phi) is 4.26. The number of aryl methyl sites for hydroxylation is 2. The molecule has 5 nitrogen and oxygen atoms in total. The molecule has 1 heterocycles. The minimum Gasteiger partial charge on any atom is -0.398 e. The smallest absolute Gasteiger partial charge is 0.220 e. The van der Waals surface area contributed by atoms with Crippen LogP contribution in [-0.4, -0.2) is 36.6 Å². The van der Waals surface area contributed by atoms with Gasteiger partial charge in [-0.3, -0.25) is 4.79 Å². The monoisotopic (exact) mass is 300 g/mol. The van der Waals surface area contributed by atoms with E-state index in [0.29, 0.717) is 6.67 Å². The van der Waals surface area contributed by atoms with Crippen LogP contribution in [0.5, 0.6) is 0 Å². The highest BCUT2D eigenvalue weighted by molar-refractivity contribution is 5.96. The Morgan fingerprint density at radius 2 is 1.82 bits per heavy atom. The number of benzene rings is 1. The molecule has 1 amide bonds. The van der Waals surface area contributed by atoms with Gasteiger partial charge in [0.15, 0.2) is 0 Å². The first-order valence-corrected chi connectivity index (χ1v) is 7.32. The number of fused-ring (bicyclic) bond motifs is 1. The van der Waals surface area contributed by atoms with E-state index in [-0.39, 0.29) is 5.91 Å². The van der Waals surface area contributed by atoms with Gasteiger partial charge in [-0.1, -0.05) is 0 Å². The van der Waals surface area contributed by atoms with E-state index < -0.39 is 0 Å². The molecule has 1 aromatic heterocycles. The topological polar surface area (TPSA) is 62.5 Å². The van der Waals surface area contributed by atoms with E-state index in [1.807, 2.05) is 18.0 Å². The summed E-state index contributed by atoms with van der Waals surface area (Å²) in [5.41, 5.74) is 11.5. The van der Waals surface area contributed by atoms with Crippen LogP contribution in [0.15, 0.2) is 12.1 Å². The van der Waals surface area contributed by atoms with Crippen molar-refractivity contribution in [1.29, 1.82) is 0 Å². The maximum atomic E-state index is 11.4. The lowest BCUT2D eigenvalue weighted by Gasteiger charge is -2.25. The minimum atomic E-state index is 0.0166. The standard InChI is InChI=1S/C17H24N4O/c1-10-7-15-17(12(3)11(10)2)14(18)8-16(19-15)21(6)9-20(5)13(4)22/h7-8H,9H2,1-6H3,(H2,18,19). The minimum absolute atomic E-state index is 0.0166. The third-order valence-electron chi connectivity index (χ3n) is 4.30. The molecule has 0 spiro atoms. The van der Waals surface area contributed by atoms with Crippen molar-refractivity contribution >= 4 is 28.3 Å². The number of carbonyl (C=O) groups excluding carboxylic acids is 1. The van der Waals surface area contributed by atoms with E-state index in [2.05, 4.69) is 26.8 Å². The molecular weight excluding hydrogens is 276 g/mol. The summed E-state index contributed by atoms with van der Waals surface area (Å²) in [6, 6.07) is 3.94. The molecule has 22 heavy (non-hydrogen) atoms. The van der Waals surface area contributed by atoms with Gasteiger partial charge < -0.3 is 15.5 Å². The zero-order valence-electron chi connectivity index (χ0n) is 14.2. The van der Waals surface area contributed by atoms with Crippen molar-refractivity contribution in [2.24, 2.45) is 0 Å². The van der Waals surface area contributed by atoms with Crippen LogP contribution in [0, 0.1) is 20.8 Å². The molecule has 2 aromatic rings. The zero-order chi connectivity index (χ0) is 16.6. The van der Waals surface area contributed by atoms with Crippen LogP contribution in [0.1, 0.15) is 23.6 Å². The Hall–Kier alpha value is -2.30. The normalized spacial score (nSPS) is 10.8. The highest BCUT2D eigenvalue weighted by atomic mass is 16.2. The summed E-state index contributed by atoms with van der Waals surface area (Å²) in [4.78, 5) is 19.6. The van der Waals surface area contributed by atoms with Gasteiger partial charge in [0.05, 0.1) is 12.2 Å². The molecule has 2 N–H and O–H groups in total. The van der Waals surface area contributed by atoms with Gasteiger partial charge in [0.25, 0.3) is 0 Å². The van der Waals surface area contributed by atoms with Crippen LogP contribution in [0.2, 0.25) is 0 Å². The van der Waals surface area contributed by atoms with Gasteiger partial charge in [-0.2, -0.15) is 0 Å². The lowest BCUT2D eigenvalue weighted by Crippen LogP contribution is -2.36. The fraction of sp³-hybridized carbons (Fsp3) is 0.412. The predicted molar refractivity (Wildman–Crippen MR) is 92.1 cm³/mol. The maximum Gasteiger partial charge on any atom is 0.220 e. The van der Waals surface area contributed by atoms with E-state index in [4.69, 9.17) is 10.7 Å². The Bertz CT molecular complexity index is 739. The number of nitrogens with two attached hydrogens (primary N) is 1. The molecule has 0 unspecified atom stereocenters. The molecule has 0 fully saturated rings. The number of rotatable bonds is 3. The number of hydrogen-bond acceptors (Lipinski definition) is 4. The highest BCUT2D eigenvalue weighted by Gasteiger charge is 2.13. The average molecular weight is 300 g/mol. The molecule has 118 valence electrons. The van der Waals surface area contributed by atoms with Gasteiger partial charge in [-0.15, -0.1) is 0 Å². The fourth-order valence-electron chi connectivity index (χ4n) is 2.57. The van der Waals surface area contributed by atoms with Crippen LogP contribution in [0.25, 0.3) is 10.9 Å². The quantitative estimate of drug-likeness (QED) is 0.885. The first-order chi connectivity index (χ1) is 10.2. The van der Waals surface area contributed by atoms with E-state index in [9.17, 15) is 4.79 Å². The Morgan fingerprint density at radius 3 is 2.41 bits per heavy atom. The summed E-state index contributed by atoms with van der Waals surface area (Å²) in [6.07, 6.45) is 0. The van der Waals surface area contributed by atoms with Crippen LogP contribution in [-0.2, 0) is 4.79 Å². The number of nitrogens with zero attached hydrogens (tertiary/aromatic N) is 3. The van der Waals surface area contributed by atoms with Crippen molar-refractivity contribution in [1.82, 2.24) is 9.88 Å². The van der Waals surface area contributed by atoms with Crippen LogP contribution >= 0.6 is 0 Å². The van der Waals surface area contributed by atoms with E-state index in [0.717, 1.165) is 22.4 Å². The number of aromatic nitrogens is 1. The Balaban J connectivity index is 2.50. The molecule has 0 radical (unpaired) electrons.